The summed E-state index contributed by atoms with van der Waals surface area (Å²) in [6.07, 6.45) is 0.0607. The van der Waals surface area contributed by atoms with Gasteiger partial charge in [-0.15, -0.1) is 0 Å². The van der Waals surface area contributed by atoms with Gasteiger partial charge in [-0.05, 0) is 6.08 Å². The number of hydrogen-bond donors (Lipinski definition) is 3. The molecule has 0 radical (unpaired) electrons. The molecular weight excluding hydrogens is 150 g/mol. The van der Waals surface area contributed by atoms with Gasteiger partial charge in [0.15, 0.2) is 5.60 Å². The smallest absolute Gasteiger partial charge is 0.405 e. The summed E-state index contributed by atoms with van der Waals surface area (Å²) in [7, 11) is 0. The Labute approximate surface area is 64.1 Å². The van der Waals surface area contributed by atoms with Gasteiger partial charge >= 0.3 is 6.09 Å². The molecule has 0 aliphatic carbocycles. The highest BCUT2D eigenvalue weighted by Gasteiger charge is 2.28. The van der Waals surface area contributed by atoms with Gasteiger partial charge in [0, 0.05) is 0 Å². The Morgan fingerprint density at radius 1 is 1.64 bits per heavy atom. The number of carbonyl (C=O) groups excluding carboxylic acids is 1. The van der Waals surface area contributed by atoms with Crippen molar-refractivity contribution in [2.24, 2.45) is 5.73 Å². The summed E-state index contributed by atoms with van der Waals surface area (Å²) in [5.41, 5.74) is 3.22. The van der Waals surface area contributed by atoms with Crippen molar-refractivity contribution < 1.29 is 19.7 Å². The first kappa shape index (κ1) is 9.93. The number of aliphatic hydroxyl groups excluding tert-OH is 2. The fraction of sp³-hybridized carbons (Fsp3) is 0.500. The Hall–Kier alpha value is -1.07. The van der Waals surface area contributed by atoms with Crippen molar-refractivity contribution in [3.63, 3.8) is 0 Å². The fourth-order valence-electron chi connectivity index (χ4n) is 0.486. The lowest BCUT2D eigenvalue weighted by atomic mass is 10.1. The molecule has 0 saturated heterocycles. The summed E-state index contributed by atoms with van der Waals surface area (Å²) in [4.78, 5) is 10.2. The average molecular weight is 161 g/mol. The van der Waals surface area contributed by atoms with Crippen LogP contribution in [0.4, 0.5) is 4.79 Å². The van der Waals surface area contributed by atoms with E-state index in [9.17, 15) is 4.79 Å². The van der Waals surface area contributed by atoms with Gasteiger partial charge in [-0.1, -0.05) is 6.58 Å². The molecule has 0 aromatic carbocycles. The van der Waals surface area contributed by atoms with E-state index in [0.717, 1.165) is 6.08 Å². The first-order chi connectivity index (χ1) is 5.10. The van der Waals surface area contributed by atoms with E-state index < -0.39 is 24.9 Å². The Morgan fingerprint density at radius 2 is 2.09 bits per heavy atom. The van der Waals surface area contributed by atoms with Gasteiger partial charge < -0.3 is 20.7 Å². The van der Waals surface area contributed by atoms with E-state index in [0.29, 0.717) is 0 Å². The van der Waals surface area contributed by atoms with Gasteiger partial charge in [-0.2, -0.15) is 0 Å². The van der Waals surface area contributed by atoms with Gasteiger partial charge in [0.1, 0.15) is 0 Å². The molecule has 5 nitrogen and oxygen atoms in total. The molecule has 0 heterocycles. The van der Waals surface area contributed by atoms with Crippen LogP contribution in [0.1, 0.15) is 0 Å². The first-order valence-corrected chi connectivity index (χ1v) is 2.94. The summed E-state index contributed by atoms with van der Waals surface area (Å²) < 4.78 is 4.41. The number of ether oxygens (including phenoxy) is 1. The quantitative estimate of drug-likeness (QED) is 0.460. The van der Waals surface area contributed by atoms with Crippen LogP contribution in [0.25, 0.3) is 0 Å². The van der Waals surface area contributed by atoms with Gasteiger partial charge in [0.2, 0.25) is 0 Å². The molecule has 64 valence electrons. The second-order valence-corrected chi connectivity index (χ2v) is 2.01. The van der Waals surface area contributed by atoms with Crippen LogP contribution < -0.4 is 5.73 Å². The molecule has 0 unspecified atom stereocenters. The zero-order valence-electron chi connectivity index (χ0n) is 5.99. The van der Waals surface area contributed by atoms with E-state index in [-0.39, 0.29) is 0 Å². The predicted molar refractivity (Wildman–Crippen MR) is 37.8 cm³/mol. The fourth-order valence-corrected chi connectivity index (χ4v) is 0.486. The Bertz CT molecular complexity index is 153. The molecule has 1 amide bonds. The zero-order chi connectivity index (χ0) is 8.91. The number of hydrogen-bond acceptors (Lipinski definition) is 4. The van der Waals surface area contributed by atoms with Crippen LogP contribution in [0.5, 0.6) is 0 Å². The third kappa shape index (κ3) is 2.57. The summed E-state index contributed by atoms with van der Waals surface area (Å²) in [6.45, 7) is 2.18. The monoisotopic (exact) mass is 161 g/mol. The number of rotatable bonds is 4. The number of carbonyl (C=O) groups is 1. The zero-order valence-corrected chi connectivity index (χ0v) is 5.99. The van der Waals surface area contributed by atoms with Crippen LogP contribution in [0.2, 0.25) is 0 Å². The molecule has 5 heteroatoms. The topological polar surface area (TPSA) is 92.8 Å². The Kier molecular flexibility index (Phi) is 3.56. The number of primary amides is 1. The van der Waals surface area contributed by atoms with E-state index >= 15 is 0 Å². The van der Waals surface area contributed by atoms with Crippen molar-refractivity contribution in [2.45, 2.75) is 5.60 Å². The number of aliphatic hydroxyl groups is 2. The van der Waals surface area contributed by atoms with Crippen molar-refractivity contribution in [1.29, 1.82) is 0 Å². The number of nitrogens with two attached hydrogens (primary N) is 1. The minimum Gasteiger partial charge on any atom is -0.434 e. The summed E-state index contributed by atoms with van der Waals surface area (Å²) in [5.74, 6) is 0. The third-order valence-electron chi connectivity index (χ3n) is 1.21. The molecule has 0 aliphatic rings. The number of amides is 1. The second-order valence-electron chi connectivity index (χ2n) is 2.01. The maximum atomic E-state index is 10.2. The summed E-state index contributed by atoms with van der Waals surface area (Å²) in [6, 6.07) is 0. The standard InChI is InChI=1S/C6H11NO4/c1-2-6(3-8,4-9)11-5(7)10/h2,8-9H,1,3-4H2,(H2,7,10). The normalized spacial score (nSPS) is 10.7. The maximum absolute atomic E-state index is 10.2. The lowest BCUT2D eigenvalue weighted by Crippen LogP contribution is -2.42. The SMILES string of the molecule is C=CC(CO)(CO)OC(N)=O. The van der Waals surface area contributed by atoms with Crippen LogP contribution in [-0.4, -0.2) is 35.1 Å². The molecule has 4 N–H and O–H groups in total. The largest absolute Gasteiger partial charge is 0.434 e. The van der Waals surface area contributed by atoms with Crippen molar-refractivity contribution in [3.8, 4) is 0 Å². The van der Waals surface area contributed by atoms with E-state index in [4.69, 9.17) is 10.2 Å². The first-order valence-electron chi connectivity index (χ1n) is 2.94. The van der Waals surface area contributed by atoms with E-state index in [2.05, 4.69) is 17.0 Å². The van der Waals surface area contributed by atoms with E-state index in [1.165, 1.54) is 0 Å². The molecule has 0 spiro atoms. The minimum atomic E-state index is -1.45. The van der Waals surface area contributed by atoms with Crippen molar-refractivity contribution in [3.05, 3.63) is 12.7 Å². The minimum absolute atomic E-state index is 0.546. The molecule has 0 atom stereocenters. The predicted octanol–water partition coefficient (Wildman–Crippen LogP) is -1.01. The molecule has 0 aliphatic heterocycles. The highest BCUT2D eigenvalue weighted by molar-refractivity contribution is 5.65. The van der Waals surface area contributed by atoms with E-state index in [1.54, 1.807) is 0 Å². The van der Waals surface area contributed by atoms with Gasteiger partial charge in [0.25, 0.3) is 0 Å². The van der Waals surface area contributed by atoms with Crippen molar-refractivity contribution >= 4 is 6.09 Å². The lowest BCUT2D eigenvalue weighted by molar-refractivity contribution is -0.0273. The second kappa shape index (κ2) is 3.95. The Balaban J connectivity index is 4.28. The molecule has 0 bridgehead atoms. The van der Waals surface area contributed by atoms with Crippen LogP contribution >= 0.6 is 0 Å². The average Bonchev–Trinajstić information content (AvgIpc) is 2.00. The van der Waals surface area contributed by atoms with E-state index in [1.807, 2.05) is 0 Å². The summed E-state index contributed by atoms with van der Waals surface area (Å²) >= 11 is 0. The maximum Gasteiger partial charge on any atom is 0.405 e. The van der Waals surface area contributed by atoms with Gasteiger partial charge in [-0.3, -0.25) is 0 Å². The van der Waals surface area contributed by atoms with Crippen molar-refractivity contribution in [1.82, 2.24) is 0 Å². The highest BCUT2D eigenvalue weighted by Crippen LogP contribution is 2.10. The van der Waals surface area contributed by atoms with Crippen LogP contribution in [-0.2, 0) is 4.74 Å². The van der Waals surface area contributed by atoms with Crippen LogP contribution in [0.3, 0.4) is 0 Å². The molecule has 0 aromatic heterocycles. The van der Waals surface area contributed by atoms with Crippen LogP contribution in [0, 0.1) is 0 Å². The molecule has 0 saturated carbocycles. The van der Waals surface area contributed by atoms with Crippen LogP contribution in [0.15, 0.2) is 12.7 Å². The molecular formula is C6H11NO4. The van der Waals surface area contributed by atoms with Gasteiger partial charge in [0.05, 0.1) is 13.2 Å². The third-order valence-corrected chi connectivity index (χ3v) is 1.21. The lowest BCUT2D eigenvalue weighted by Gasteiger charge is -2.24. The molecule has 11 heavy (non-hydrogen) atoms. The molecule has 0 rings (SSSR count). The highest BCUT2D eigenvalue weighted by atomic mass is 16.6. The Morgan fingerprint density at radius 3 is 2.18 bits per heavy atom. The van der Waals surface area contributed by atoms with Gasteiger partial charge in [-0.25, -0.2) is 4.79 Å². The molecule has 0 fully saturated rings. The van der Waals surface area contributed by atoms with Crippen molar-refractivity contribution in [2.75, 3.05) is 13.2 Å². The summed E-state index contributed by atoms with van der Waals surface area (Å²) in [5, 5.41) is 17.3. The molecule has 0 aromatic rings.